The molecule has 1 aliphatic heterocycles. The Balaban J connectivity index is 2.28. The van der Waals surface area contributed by atoms with Gasteiger partial charge in [-0.2, -0.15) is 0 Å². The summed E-state index contributed by atoms with van der Waals surface area (Å²) in [5, 5.41) is 0. The molecule has 0 spiro atoms. The van der Waals surface area contributed by atoms with Gasteiger partial charge in [0.05, 0.1) is 5.56 Å². The number of hydrogen-bond donors (Lipinski definition) is 1. The van der Waals surface area contributed by atoms with Crippen molar-refractivity contribution >= 4 is 11.9 Å². The average molecular weight is 248 g/mol. The van der Waals surface area contributed by atoms with Gasteiger partial charge in [-0.3, -0.25) is 9.78 Å². The van der Waals surface area contributed by atoms with Crippen LogP contribution < -0.4 is 5.73 Å². The molecule has 0 fully saturated rings. The predicted molar refractivity (Wildman–Crippen MR) is 66.0 cm³/mol. The lowest BCUT2D eigenvalue weighted by Gasteiger charge is -2.31. The predicted octanol–water partition coefficient (Wildman–Crippen LogP) is 0.220. The van der Waals surface area contributed by atoms with Crippen molar-refractivity contribution in [2.45, 2.75) is 13.0 Å². The van der Waals surface area contributed by atoms with Crippen molar-refractivity contribution in [3.05, 3.63) is 29.1 Å². The first-order valence-corrected chi connectivity index (χ1v) is 5.72. The molecule has 18 heavy (non-hydrogen) atoms. The summed E-state index contributed by atoms with van der Waals surface area (Å²) in [5.41, 5.74) is 7.59. The molecule has 0 bridgehead atoms. The Morgan fingerprint density at radius 2 is 2.11 bits per heavy atom. The Morgan fingerprint density at radius 1 is 1.39 bits per heavy atom. The van der Waals surface area contributed by atoms with Gasteiger partial charge in [0, 0.05) is 39.6 Å². The molecule has 0 radical (unpaired) electrons. The van der Waals surface area contributed by atoms with Crippen molar-refractivity contribution in [1.29, 1.82) is 0 Å². The molecule has 0 aromatic carbocycles. The Morgan fingerprint density at radius 3 is 2.72 bits per heavy atom. The lowest BCUT2D eigenvalue weighted by molar-refractivity contribution is 0.0998. The van der Waals surface area contributed by atoms with E-state index in [0.717, 1.165) is 11.1 Å². The van der Waals surface area contributed by atoms with Crippen LogP contribution in [0.1, 0.15) is 21.5 Å². The smallest absolute Gasteiger partial charge is 0.319 e. The molecule has 1 aromatic rings. The van der Waals surface area contributed by atoms with E-state index in [9.17, 15) is 9.59 Å². The third-order valence-corrected chi connectivity index (χ3v) is 3.06. The molecule has 0 aliphatic carbocycles. The summed E-state index contributed by atoms with van der Waals surface area (Å²) in [4.78, 5) is 30.4. The van der Waals surface area contributed by atoms with Gasteiger partial charge in [0.25, 0.3) is 5.91 Å². The summed E-state index contributed by atoms with van der Waals surface area (Å²) in [5.74, 6) is -0.466. The molecule has 2 rings (SSSR count). The SMILES string of the molecule is CN(C)C(=O)N1CCc2c(cncc2C(N)=O)C1. The first kappa shape index (κ1) is 12.3. The lowest BCUT2D eigenvalue weighted by atomic mass is 9.97. The quantitative estimate of drug-likeness (QED) is 0.772. The molecule has 1 aromatic heterocycles. The van der Waals surface area contributed by atoms with Gasteiger partial charge in [-0.15, -0.1) is 0 Å². The van der Waals surface area contributed by atoms with Crippen LogP contribution in [-0.4, -0.2) is 47.4 Å². The van der Waals surface area contributed by atoms with E-state index in [1.54, 1.807) is 25.2 Å². The van der Waals surface area contributed by atoms with E-state index < -0.39 is 5.91 Å². The second kappa shape index (κ2) is 4.64. The third-order valence-electron chi connectivity index (χ3n) is 3.06. The van der Waals surface area contributed by atoms with Crippen molar-refractivity contribution < 1.29 is 9.59 Å². The molecule has 0 unspecified atom stereocenters. The molecule has 3 amide bonds. The van der Waals surface area contributed by atoms with Crippen LogP contribution in [0.15, 0.2) is 12.4 Å². The fourth-order valence-corrected chi connectivity index (χ4v) is 2.15. The van der Waals surface area contributed by atoms with Gasteiger partial charge in [-0.1, -0.05) is 0 Å². The number of nitrogens with two attached hydrogens (primary N) is 1. The van der Waals surface area contributed by atoms with E-state index in [-0.39, 0.29) is 6.03 Å². The van der Waals surface area contributed by atoms with Crippen molar-refractivity contribution in [3.8, 4) is 0 Å². The molecular formula is C12H16N4O2. The van der Waals surface area contributed by atoms with Gasteiger partial charge < -0.3 is 15.5 Å². The topological polar surface area (TPSA) is 79.5 Å². The maximum atomic E-state index is 11.9. The molecule has 6 nitrogen and oxygen atoms in total. The van der Waals surface area contributed by atoms with E-state index in [1.807, 2.05) is 0 Å². The van der Waals surface area contributed by atoms with Crippen molar-refractivity contribution in [3.63, 3.8) is 0 Å². The summed E-state index contributed by atoms with van der Waals surface area (Å²) in [7, 11) is 3.44. The Bertz CT molecular complexity index is 499. The number of aromatic nitrogens is 1. The highest BCUT2D eigenvalue weighted by Gasteiger charge is 2.24. The van der Waals surface area contributed by atoms with Crippen LogP contribution >= 0.6 is 0 Å². The number of hydrogen-bond acceptors (Lipinski definition) is 3. The normalized spacial score (nSPS) is 14.0. The Kier molecular flexibility index (Phi) is 3.18. The van der Waals surface area contributed by atoms with Gasteiger partial charge in [0.15, 0.2) is 0 Å². The largest absolute Gasteiger partial charge is 0.366 e. The summed E-state index contributed by atoms with van der Waals surface area (Å²) < 4.78 is 0. The van der Waals surface area contributed by atoms with E-state index >= 15 is 0 Å². The first-order valence-electron chi connectivity index (χ1n) is 5.72. The van der Waals surface area contributed by atoms with E-state index in [2.05, 4.69) is 4.98 Å². The zero-order chi connectivity index (χ0) is 13.3. The summed E-state index contributed by atoms with van der Waals surface area (Å²) in [6.45, 7) is 1.06. The van der Waals surface area contributed by atoms with Crippen LogP contribution in [0.25, 0.3) is 0 Å². The monoisotopic (exact) mass is 248 g/mol. The molecule has 6 heteroatoms. The lowest BCUT2D eigenvalue weighted by Crippen LogP contribution is -2.42. The van der Waals surface area contributed by atoms with Gasteiger partial charge in [0.2, 0.25) is 0 Å². The van der Waals surface area contributed by atoms with Crippen LogP contribution in [0.3, 0.4) is 0 Å². The van der Waals surface area contributed by atoms with Gasteiger partial charge in [-0.25, -0.2) is 4.79 Å². The van der Waals surface area contributed by atoms with E-state index in [4.69, 9.17) is 5.73 Å². The number of urea groups is 1. The van der Waals surface area contributed by atoms with Gasteiger partial charge in [0.1, 0.15) is 0 Å². The maximum Gasteiger partial charge on any atom is 0.319 e. The Hall–Kier alpha value is -2.11. The molecule has 2 heterocycles. The van der Waals surface area contributed by atoms with Crippen LogP contribution in [-0.2, 0) is 13.0 Å². The molecule has 96 valence electrons. The molecule has 0 atom stereocenters. The minimum atomic E-state index is -0.466. The number of nitrogens with zero attached hydrogens (tertiary/aromatic N) is 3. The third kappa shape index (κ3) is 2.13. The molecule has 0 saturated heterocycles. The minimum Gasteiger partial charge on any atom is -0.366 e. The van der Waals surface area contributed by atoms with Crippen LogP contribution in [0, 0.1) is 0 Å². The maximum absolute atomic E-state index is 11.9. The zero-order valence-electron chi connectivity index (χ0n) is 10.5. The molecule has 1 aliphatic rings. The second-order valence-corrected chi connectivity index (χ2v) is 4.54. The van der Waals surface area contributed by atoms with Crippen LogP contribution in [0.5, 0.6) is 0 Å². The number of carbonyl (C=O) groups is 2. The van der Waals surface area contributed by atoms with Gasteiger partial charge >= 0.3 is 6.03 Å². The fourth-order valence-electron chi connectivity index (χ4n) is 2.15. The fraction of sp³-hybridized carbons (Fsp3) is 0.417. The molecule has 0 saturated carbocycles. The average Bonchev–Trinajstić information content (AvgIpc) is 2.36. The first-order chi connectivity index (χ1) is 8.50. The highest BCUT2D eigenvalue weighted by Crippen LogP contribution is 2.21. The Labute approximate surface area is 105 Å². The number of rotatable bonds is 1. The number of primary amides is 1. The second-order valence-electron chi connectivity index (χ2n) is 4.54. The van der Waals surface area contributed by atoms with Crippen molar-refractivity contribution in [2.24, 2.45) is 5.73 Å². The summed E-state index contributed by atoms with van der Waals surface area (Å²) >= 11 is 0. The minimum absolute atomic E-state index is 0.0369. The summed E-state index contributed by atoms with van der Waals surface area (Å²) in [6, 6.07) is -0.0369. The number of amides is 3. The highest BCUT2D eigenvalue weighted by atomic mass is 16.2. The van der Waals surface area contributed by atoms with Crippen LogP contribution in [0.4, 0.5) is 4.79 Å². The van der Waals surface area contributed by atoms with Crippen molar-refractivity contribution in [2.75, 3.05) is 20.6 Å². The standard InChI is InChI=1S/C12H16N4O2/c1-15(2)12(18)16-4-3-9-8(7-16)5-14-6-10(9)11(13)17/h5-6H,3-4,7H2,1-2H3,(H2,13,17). The zero-order valence-corrected chi connectivity index (χ0v) is 10.5. The van der Waals surface area contributed by atoms with Gasteiger partial charge in [-0.05, 0) is 17.5 Å². The molecule has 2 N–H and O–H groups in total. The molecular weight excluding hydrogens is 232 g/mol. The number of pyridine rings is 1. The number of carbonyl (C=O) groups excluding carboxylic acids is 2. The number of fused-ring (bicyclic) bond motifs is 1. The van der Waals surface area contributed by atoms with E-state index in [0.29, 0.717) is 25.1 Å². The van der Waals surface area contributed by atoms with E-state index in [1.165, 1.54) is 11.1 Å². The summed E-state index contributed by atoms with van der Waals surface area (Å²) in [6.07, 6.45) is 3.82. The highest BCUT2D eigenvalue weighted by molar-refractivity contribution is 5.94. The van der Waals surface area contributed by atoms with Crippen molar-refractivity contribution in [1.82, 2.24) is 14.8 Å². The van der Waals surface area contributed by atoms with Crippen LogP contribution in [0.2, 0.25) is 0 Å².